The number of carbonyl (C=O) groups is 1. The van der Waals surface area contributed by atoms with E-state index in [-0.39, 0.29) is 11.3 Å². The molecule has 0 bridgehead atoms. The Morgan fingerprint density at radius 2 is 2.12 bits per heavy atom. The first-order chi connectivity index (χ1) is 8.21. The van der Waals surface area contributed by atoms with Crippen LogP contribution in [0, 0.1) is 11.3 Å². The van der Waals surface area contributed by atoms with E-state index in [1.165, 1.54) is 5.56 Å². The smallest absolute Gasteiger partial charge is 0.143 e. The Kier molecular flexibility index (Phi) is 2.55. The van der Waals surface area contributed by atoms with Gasteiger partial charge in [0.2, 0.25) is 0 Å². The van der Waals surface area contributed by atoms with Crippen molar-refractivity contribution in [3.63, 3.8) is 0 Å². The van der Waals surface area contributed by atoms with Gasteiger partial charge in [0.1, 0.15) is 5.78 Å². The molecule has 2 nitrogen and oxygen atoms in total. The fourth-order valence-corrected chi connectivity index (χ4v) is 3.03. The van der Waals surface area contributed by atoms with Gasteiger partial charge in [0.05, 0.1) is 0 Å². The van der Waals surface area contributed by atoms with Crippen LogP contribution in [0.1, 0.15) is 31.2 Å². The van der Waals surface area contributed by atoms with Gasteiger partial charge in [-0.1, -0.05) is 37.3 Å². The van der Waals surface area contributed by atoms with Crippen molar-refractivity contribution in [1.29, 1.82) is 0 Å². The van der Waals surface area contributed by atoms with E-state index in [9.17, 15) is 4.79 Å². The minimum atomic E-state index is -0.103. The predicted molar refractivity (Wildman–Crippen MR) is 67.9 cm³/mol. The maximum absolute atomic E-state index is 12.5. The van der Waals surface area contributed by atoms with Gasteiger partial charge in [-0.3, -0.25) is 4.79 Å². The number of rotatable bonds is 3. The molecule has 1 saturated carbocycles. The molecule has 1 heterocycles. The highest BCUT2D eigenvalue weighted by Gasteiger charge is 2.50. The number of hydrogen-bond acceptors (Lipinski definition) is 2. The van der Waals surface area contributed by atoms with Crippen molar-refractivity contribution in [2.45, 2.75) is 25.7 Å². The van der Waals surface area contributed by atoms with E-state index in [0.717, 1.165) is 25.9 Å². The average Bonchev–Trinajstić information content (AvgIpc) is 3.05. The molecule has 1 aliphatic heterocycles. The summed E-state index contributed by atoms with van der Waals surface area (Å²) in [7, 11) is 0. The molecule has 1 saturated heterocycles. The van der Waals surface area contributed by atoms with Crippen molar-refractivity contribution in [1.82, 2.24) is 5.32 Å². The maximum atomic E-state index is 12.5. The summed E-state index contributed by atoms with van der Waals surface area (Å²) in [6, 6.07) is 10.5. The molecule has 0 amide bonds. The van der Waals surface area contributed by atoms with Crippen LogP contribution in [0.15, 0.2) is 30.3 Å². The molecule has 1 aromatic rings. The van der Waals surface area contributed by atoms with Crippen LogP contribution >= 0.6 is 0 Å². The molecule has 1 aliphatic carbocycles. The number of Topliss-reactive ketones (excluding diaryl/α,β-unsaturated/α-hetero) is 1. The van der Waals surface area contributed by atoms with E-state index in [1.54, 1.807) is 0 Å². The van der Waals surface area contributed by atoms with Crippen molar-refractivity contribution >= 4 is 5.78 Å². The molecule has 90 valence electrons. The summed E-state index contributed by atoms with van der Waals surface area (Å²) in [6.45, 7) is 3.98. The number of carbonyl (C=O) groups excluding carboxylic acids is 1. The summed E-state index contributed by atoms with van der Waals surface area (Å²) in [5, 5.41) is 3.31. The molecule has 0 radical (unpaired) electrons. The first-order valence-corrected chi connectivity index (χ1v) is 6.51. The topological polar surface area (TPSA) is 29.1 Å². The Morgan fingerprint density at radius 1 is 1.35 bits per heavy atom. The van der Waals surface area contributed by atoms with Crippen molar-refractivity contribution < 1.29 is 4.79 Å². The molecule has 1 N–H and O–H groups in total. The maximum Gasteiger partial charge on any atom is 0.143 e. The second-order valence-electron chi connectivity index (χ2n) is 5.71. The molecule has 3 rings (SSSR count). The van der Waals surface area contributed by atoms with Gasteiger partial charge in [-0.05, 0) is 30.9 Å². The SMILES string of the molecule is CC1(C(=O)C2CC2c2ccccc2)CCNC1. The van der Waals surface area contributed by atoms with Crippen LogP contribution in [-0.2, 0) is 4.79 Å². The summed E-state index contributed by atoms with van der Waals surface area (Å²) >= 11 is 0. The van der Waals surface area contributed by atoms with Crippen LogP contribution in [0.4, 0.5) is 0 Å². The molecule has 17 heavy (non-hydrogen) atoms. The normalized spacial score (nSPS) is 35.8. The zero-order valence-corrected chi connectivity index (χ0v) is 10.3. The standard InChI is InChI=1S/C15H19NO/c1-15(7-8-16-10-15)14(17)13-9-12(13)11-5-3-2-4-6-11/h2-6,12-13,16H,7-10H2,1H3. The van der Waals surface area contributed by atoms with Gasteiger partial charge >= 0.3 is 0 Å². The van der Waals surface area contributed by atoms with Gasteiger partial charge in [-0.15, -0.1) is 0 Å². The minimum Gasteiger partial charge on any atom is -0.316 e. The molecule has 2 aliphatic rings. The minimum absolute atomic E-state index is 0.103. The summed E-state index contributed by atoms with van der Waals surface area (Å²) in [5.41, 5.74) is 1.23. The molecule has 2 fully saturated rings. The van der Waals surface area contributed by atoms with Gasteiger partial charge in [0.25, 0.3) is 0 Å². The number of benzene rings is 1. The van der Waals surface area contributed by atoms with E-state index in [0.29, 0.717) is 11.7 Å². The second kappa shape index (κ2) is 3.95. The lowest BCUT2D eigenvalue weighted by atomic mass is 9.82. The van der Waals surface area contributed by atoms with Crippen molar-refractivity contribution in [2.24, 2.45) is 11.3 Å². The molecule has 1 aromatic carbocycles. The number of nitrogens with one attached hydrogen (secondary N) is 1. The largest absolute Gasteiger partial charge is 0.316 e. The monoisotopic (exact) mass is 229 g/mol. The Bertz CT molecular complexity index is 420. The van der Waals surface area contributed by atoms with Crippen molar-refractivity contribution in [3.05, 3.63) is 35.9 Å². The summed E-state index contributed by atoms with van der Waals surface area (Å²) < 4.78 is 0. The van der Waals surface area contributed by atoms with Gasteiger partial charge in [-0.2, -0.15) is 0 Å². The van der Waals surface area contributed by atoms with Gasteiger partial charge < -0.3 is 5.32 Å². The molecular formula is C15H19NO. The zero-order chi connectivity index (χ0) is 11.9. The predicted octanol–water partition coefficient (Wildman–Crippen LogP) is 2.36. The summed E-state index contributed by atoms with van der Waals surface area (Å²) in [6.07, 6.45) is 2.06. The number of ketones is 1. The highest BCUT2D eigenvalue weighted by Crippen LogP contribution is 2.51. The lowest BCUT2D eigenvalue weighted by molar-refractivity contribution is -0.128. The quantitative estimate of drug-likeness (QED) is 0.862. The van der Waals surface area contributed by atoms with Crippen molar-refractivity contribution in [2.75, 3.05) is 13.1 Å². The van der Waals surface area contributed by atoms with E-state index in [4.69, 9.17) is 0 Å². The molecule has 2 heteroatoms. The highest BCUT2D eigenvalue weighted by atomic mass is 16.1. The average molecular weight is 229 g/mol. The fourth-order valence-electron chi connectivity index (χ4n) is 3.03. The van der Waals surface area contributed by atoms with Gasteiger partial charge in [-0.25, -0.2) is 0 Å². The zero-order valence-electron chi connectivity index (χ0n) is 10.3. The van der Waals surface area contributed by atoms with Crippen LogP contribution in [-0.4, -0.2) is 18.9 Å². The van der Waals surface area contributed by atoms with E-state index < -0.39 is 0 Å². The van der Waals surface area contributed by atoms with Crippen LogP contribution in [0.5, 0.6) is 0 Å². The molecule has 3 atom stereocenters. The van der Waals surface area contributed by atoms with Gasteiger partial charge in [0, 0.05) is 17.9 Å². The lowest BCUT2D eigenvalue weighted by Gasteiger charge is -2.20. The van der Waals surface area contributed by atoms with Gasteiger partial charge in [0.15, 0.2) is 0 Å². The Labute approximate surface area is 102 Å². The van der Waals surface area contributed by atoms with Crippen LogP contribution in [0.2, 0.25) is 0 Å². The molecule has 0 aromatic heterocycles. The molecule has 0 spiro atoms. The summed E-state index contributed by atoms with van der Waals surface area (Å²) in [4.78, 5) is 12.5. The molecular weight excluding hydrogens is 210 g/mol. The Hall–Kier alpha value is -1.15. The van der Waals surface area contributed by atoms with Crippen LogP contribution in [0.3, 0.4) is 0 Å². The Morgan fingerprint density at radius 3 is 2.76 bits per heavy atom. The van der Waals surface area contributed by atoms with E-state index in [1.807, 2.05) is 6.07 Å². The van der Waals surface area contributed by atoms with E-state index in [2.05, 4.69) is 36.5 Å². The third-order valence-electron chi connectivity index (χ3n) is 4.32. The summed E-state index contributed by atoms with van der Waals surface area (Å²) in [5.74, 6) is 1.25. The molecule has 3 unspecified atom stereocenters. The Balaban J connectivity index is 1.71. The van der Waals surface area contributed by atoms with E-state index >= 15 is 0 Å². The second-order valence-corrected chi connectivity index (χ2v) is 5.71. The van der Waals surface area contributed by atoms with Crippen LogP contribution < -0.4 is 5.32 Å². The van der Waals surface area contributed by atoms with Crippen LogP contribution in [0.25, 0.3) is 0 Å². The fraction of sp³-hybridized carbons (Fsp3) is 0.533. The lowest BCUT2D eigenvalue weighted by Crippen LogP contribution is -2.31. The van der Waals surface area contributed by atoms with Crippen molar-refractivity contribution in [3.8, 4) is 0 Å². The first-order valence-electron chi connectivity index (χ1n) is 6.51. The third-order valence-corrected chi connectivity index (χ3v) is 4.32. The highest BCUT2D eigenvalue weighted by molar-refractivity contribution is 5.90. The first kappa shape index (κ1) is 11.0. The third kappa shape index (κ3) is 1.91. The number of hydrogen-bond donors (Lipinski definition) is 1.